The van der Waals surface area contributed by atoms with Gasteiger partial charge in [0.05, 0.1) is 17.8 Å². The van der Waals surface area contributed by atoms with E-state index in [1.165, 1.54) is 0 Å². The molecule has 0 spiro atoms. The number of rotatable bonds is 3. The van der Waals surface area contributed by atoms with E-state index in [0.29, 0.717) is 4.90 Å². The minimum atomic E-state index is -3.13. The van der Waals surface area contributed by atoms with Crippen LogP contribution in [0.25, 0.3) is 0 Å². The summed E-state index contributed by atoms with van der Waals surface area (Å²) in [4.78, 5) is 0.201. The van der Waals surface area contributed by atoms with E-state index in [4.69, 9.17) is 0 Å². The van der Waals surface area contributed by atoms with E-state index in [0.717, 1.165) is 0 Å². The van der Waals surface area contributed by atoms with Crippen LogP contribution in [0.1, 0.15) is 6.92 Å². The Labute approximate surface area is 93.3 Å². The van der Waals surface area contributed by atoms with E-state index < -0.39 is 17.9 Å². The Kier molecular flexibility index (Phi) is 3.40. The molecule has 1 atom stereocenters. The molecule has 0 radical (unpaired) electrons. The molecule has 1 aromatic carbocycles. The largest absolute Gasteiger partial charge is 0.224 e. The highest BCUT2D eigenvalue weighted by Gasteiger charge is 2.34. The van der Waals surface area contributed by atoms with Crippen LogP contribution in [0.4, 0.5) is 0 Å². The van der Waals surface area contributed by atoms with E-state index in [1.807, 2.05) is 13.0 Å². The zero-order chi connectivity index (χ0) is 11.7. The maximum absolute atomic E-state index is 12.2. The lowest BCUT2D eigenvalue weighted by Gasteiger charge is -2.24. The Morgan fingerprint density at radius 2 is 1.53 bits per heavy atom. The first kappa shape index (κ1) is 12.5. The summed E-state index contributed by atoms with van der Waals surface area (Å²) >= 11 is 0. The Morgan fingerprint density at radius 1 is 1.07 bits per heavy atom. The lowest BCUT2D eigenvalue weighted by Crippen LogP contribution is -2.41. The zero-order valence-electron chi connectivity index (χ0n) is 9.69. The third-order valence-electron chi connectivity index (χ3n) is 2.76. The minimum absolute atomic E-state index is 0.243. The molecule has 1 aromatic rings. The summed E-state index contributed by atoms with van der Waals surface area (Å²) in [6, 6.07) is 8.71. The number of sulfone groups is 1. The van der Waals surface area contributed by atoms with Gasteiger partial charge < -0.3 is 0 Å². The average Bonchev–Trinajstić information content (AvgIpc) is 2.16. The SMILES string of the molecule is CC([Si](C)(C)C)S(=O)(=O)c1ccccc1. The van der Waals surface area contributed by atoms with E-state index in [-0.39, 0.29) is 4.87 Å². The van der Waals surface area contributed by atoms with Crippen molar-refractivity contribution in [1.29, 1.82) is 0 Å². The lowest BCUT2D eigenvalue weighted by molar-refractivity contribution is 0.593. The molecule has 0 heterocycles. The van der Waals surface area contributed by atoms with Crippen LogP contribution in [-0.4, -0.2) is 21.4 Å². The fourth-order valence-electron chi connectivity index (χ4n) is 1.28. The van der Waals surface area contributed by atoms with Crippen LogP contribution in [0.15, 0.2) is 35.2 Å². The zero-order valence-corrected chi connectivity index (χ0v) is 11.5. The molecule has 15 heavy (non-hydrogen) atoms. The van der Waals surface area contributed by atoms with Gasteiger partial charge in [-0.25, -0.2) is 8.42 Å². The van der Waals surface area contributed by atoms with Gasteiger partial charge in [-0.2, -0.15) is 0 Å². The predicted octanol–water partition coefficient (Wildman–Crippen LogP) is 2.73. The smallest absolute Gasteiger partial charge is 0.178 e. The predicted molar refractivity (Wildman–Crippen MR) is 66.4 cm³/mol. The van der Waals surface area contributed by atoms with Crippen molar-refractivity contribution in [1.82, 2.24) is 0 Å². The van der Waals surface area contributed by atoms with Gasteiger partial charge in [0, 0.05) is 0 Å². The summed E-state index contributed by atoms with van der Waals surface area (Å²) < 4.78 is 24.4. The molecule has 1 unspecified atom stereocenters. The molecule has 0 aliphatic carbocycles. The van der Waals surface area contributed by atoms with Gasteiger partial charge in [-0.1, -0.05) is 44.8 Å². The summed E-state index contributed by atoms with van der Waals surface area (Å²) in [5, 5.41) is 0. The Balaban J connectivity index is 3.16. The first-order valence-corrected chi connectivity index (χ1v) is 10.2. The standard InChI is InChI=1S/C11H18O2SSi/c1-10(15(2,3)4)14(12,13)11-8-6-5-7-9-11/h5-10H,1-4H3. The lowest BCUT2D eigenvalue weighted by atomic mass is 10.4. The highest BCUT2D eigenvalue weighted by molar-refractivity contribution is 7.94. The first-order chi connectivity index (χ1) is 6.76. The van der Waals surface area contributed by atoms with Gasteiger partial charge in [-0.05, 0) is 12.1 Å². The van der Waals surface area contributed by atoms with Gasteiger partial charge in [0.1, 0.15) is 0 Å². The normalized spacial score (nSPS) is 14.9. The van der Waals surface area contributed by atoms with E-state index >= 15 is 0 Å². The number of hydrogen-bond acceptors (Lipinski definition) is 2. The van der Waals surface area contributed by atoms with Crippen LogP contribution in [0, 0.1) is 0 Å². The highest BCUT2D eigenvalue weighted by atomic mass is 32.2. The number of benzene rings is 1. The van der Waals surface area contributed by atoms with Crippen molar-refractivity contribution in [3.63, 3.8) is 0 Å². The van der Waals surface area contributed by atoms with Crippen molar-refractivity contribution in [3.05, 3.63) is 30.3 Å². The summed E-state index contributed by atoms with van der Waals surface area (Å²) in [5.74, 6) is 0. The topological polar surface area (TPSA) is 34.1 Å². The van der Waals surface area contributed by atoms with Gasteiger partial charge >= 0.3 is 0 Å². The minimum Gasteiger partial charge on any atom is -0.224 e. The first-order valence-electron chi connectivity index (χ1n) is 5.05. The summed E-state index contributed by atoms with van der Waals surface area (Å²) in [7, 11) is -4.80. The molecular weight excluding hydrogens is 224 g/mol. The summed E-state index contributed by atoms with van der Waals surface area (Å²) in [6.45, 7) is 8.07. The number of hydrogen-bond donors (Lipinski definition) is 0. The van der Waals surface area contributed by atoms with Crippen LogP contribution in [0.3, 0.4) is 0 Å². The maximum Gasteiger partial charge on any atom is 0.178 e. The Bertz CT molecular complexity index is 418. The molecule has 0 bridgehead atoms. The van der Waals surface area contributed by atoms with Crippen molar-refractivity contribution >= 4 is 17.9 Å². The second kappa shape index (κ2) is 4.10. The molecule has 0 saturated carbocycles. The van der Waals surface area contributed by atoms with Crippen LogP contribution < -0.4 is 0 Å². The maximum atomic E-state index is 12.2. The van der Waals surface area contributed by atoms with E-state index in [9.17, 15) is 8.42 Å². The quantitative estimate of drug-likeness (QED) is 0.764. The fourth-order valence-corrected chi connectivity index (χ4v) is 6.36. The van der Waals surface area contributed by atoms with Gasteiger partial charge in [0.2, 0.25) is 0 Å². The second-order valence-electron chi connectivity index (χ2n) is 4.87. The Hall–Kier alpha value is -0.613. The van der Waals surface area contributed by atoms with Crippen LogP contribution in [0.5, 0.6) is 0 Å². The van der Waals surface area contributed by atoms with Crippen molar-refractivity contribution < 1.29 is 8.42 Å². The van der Waals surface area contributed by atoms with E-state index in [2.05, 4.69) is 19.6 Å². The molecule has 4 heteroatoms. The van der Waals surface area contributed by atoms with Gasteiger partial charge in [-0.15, -0.1) is 0 Å². The van der Waals surface area contributed by atoms with Gasteiger partial charge in [-0.3, -0.25) is 0 Å². The molecule has 0 saturated heterocycles. The molecular formula is C11H18O2SSi. The van der Waals surface area contributed by atoms with E-state index in [1.54, 1.807) is 24.3 Å². The van der Waals surface area contributed by atoms with Crippen molar-refractivity contribution in [2.75, 3.05) is 0 Å². The summed E-state index contributed by atoms with van der Waals surface area (Å²) in [6.07, 6.45) is 0. The third-order valence-corrected chi connectivity index (χ3v) is 10.1. The molecule has 0 aliphatic heterocycles. The molecule has 0 aromatic heterocycles. The molecule has 84 valence electrons. The van der Waals surface area contributed by atoms with Crippen molar-refractivity contribution in [2.45, 2.75) is 36.3 Å². The molecule has 2 nitrogen and oxygen atoms in total. The summed E-state index contributed by atoms with van der Waals surface area (Å²) in [5.41, 5.74) is 0. The third kappa shape index (κ3) is 2.69. The van der Waals surface area contributed by atoms with Crippen molar-refractivity contribution in [2.24, 2.45) is 0 Å². The van der Waals surface area contributed by atoms with Crippen LogP contribution >= 0.6 is 0 Å². The molecule has 1 rings (SSSR count). The molecule has 0 N–H and O–H groups in total. The van der Waals surface area contributed by atoms with Gasteiger partial charge in [0.25, 0.3) is 0 Å². The highest BCUT2D eigenvalue weighted by Crippen LogP contribution is 2.22. The Morgan fingerprint density at radius 3 is 1.93 bits per heavy atom. The van der Waals surface area contributed by atoms with Crippen LogP contribution in [0.2, 0.25) is 19.6 Å². The second-order valence-corrected chi connectivity index (χ2v) is 13.2. The molecule has 0 amide bonds. The molecule has 0 fully saturated rings. The monoisotopic (exact) mass is 242 g/mol. The average molecular weight is 242 g/mol. The van der Waals surface area contributed by atoms with Crippen molar-refractivity contribution in [3.8, 4) is 0 Å². The molecule has 0 aliphatic rings. The fraction of sp³-hybridized carbons (Fsp3) is 0.455. The van der Waals surface area contributed by atoms with Gasteiger partial charge in [0.15, 0.2) is 9.84 Å². The van der Waals surface area contributed by atoms with Crippen LogP contribution in [-0.2, 0) is 9.84 Å².